The van der Waals surface area contributed by atoms with Gasteiger partial charge >= 0.3 is 0 Å². The van der Waals surface area contributed by atoms with E-state index in [4.69, 9.17) is 9.16 Å². The minimum Gasteiger partial charge on any atom is -0.504 e. The zero-order valence-corrected chi connectivity index (χ0v) is 17.4. The van der Waals surface area contributed by atoms with E-state index in [1.165, 1.54) is 22.4 Å². The summed E-state index contributed by atoms with van der Waals surface area (Å²) in [5, 5.41) is 2.72. The fraction of sp³-hybridized carbons (Fsp3) is 0.391. The molecule has 1 fully saturated rings. The van der Waals surface area contributed by atoms with Crippen molar-refractivity contribution in [2.24, 2.45) is 5.92 Å². The first-order chi connectivity index (χ1) is 12.5. The van der Waals surface area contributed by atoms with E-state index in [2.05, 4.69) is 81.4 Å². The molecule has 1 aliphatic rings. The van der Waals surface area contributed by atoms with Gasteiger partial charge in [0.2, 0.25) is 0 Å². The van der Waals surface area contributed by atoms with Gasteiger partial charge < -0.3 is 9.16 Å². The summed E-state index contributed by atoms with van der Waals surface area (Å²) < 4.78 is 12.2. The second-order valence-electron chi connectivity index (χ2n) is 8.14. The van der Waals surface area contributed by atoms with Gasteiger partial charge in [-0.15, -0.1) is 0 Å². The van der Waals surface area contributed by atoms with Gasteiger partial charge in [-0.3, -0.25) is 0 Å². The Hall–Kier alpha value is -1.84. The lowest BCUT2D eigenvalue weighted by molar-refractivity contribution is 0.210. The molecule has 0 aliphatic heterocycles. The fourth-order valence-electron chi connectivity index (χ4n) is 4.00. The molecule has 1 atom stereocenters. The molecule has 0 unspecified atom stereocenters. The summed E-state index contributed by atoms with van der Waals surface area (Å²) in [7, 11) is -0.688. The SMILES string of the molecule is CO/C=C1/CC[C@H]1CO[Si](c1ccccc1)(c1ccccc1)C(C)(C)C. The highest BCUT2D eigenvalue weighted by atomic mass is 28.4. The quantitative estimate of drug-likeness (QED) is 0.553. The second-order valence-corrected chi connectivity index (χ2v) is 12.4. The lowest BCUT2D eigenvalue weighted by Gasteiger charge is -2.44. The lowest BCUT2D eigenvalue weighted by Crippen LogP contribution is -2.67. The van der Waals surface area contributed by atoms with Crippen molar-refractivity contribution in [3.63, 3.8) is 0 Å². The van der Waals surface area contributed by atoms with E-state index >= 15 is 0 Å². The minimum atomic E-state index is -2.42. The van der Waals surface area contributed by atoms with Crippen molar-refractivity contribution in [1.29, 1.82) is 0 Å². The summed E-state index contributed by atoms with van der Waals surface area (Å²) in [6, 6.07) is 21.7. The number of benzene rings is 2. The molecule has 1 aliphatic carbocycles. The molecule has 0 heterocycles. The Labute approximate surface area is 159 Å². The summed E-state index contributed by atoms with van der Waals surface area (Å²) in [5.74, 6) is 0.483. The van der Waals surface area contributed by atoms with E-state index in [-0.39, 0.29) is 5.04 Å². The normalized spacial score (nSPS) is 19.2. The van der Waals surface area contributed by atoms with E-state index in [0.717, 1.165) is 13.0 Å². The van der Waals surface area contributed by atoms with Crippen LogP contribution in [0.15, 0.2) is 72.5 Å². The third-order valence-corrected chi connectivity index (χ3v) is 10.5. The topological polar surface area (TPSA) is 18.5 Å². The molecule has 0 saturated heterocycles. The average molecular weight is 367 g/mol. The van der Waals surface area contributed by atoms with E-state index < -0.39 is 8.32 Å². The summed E-state index contributed by atoms with van der Waals surface area (Å²) in [5.41, 5.74) is 1.38. The highest BCUT2D eigenvalue weighted by Crippen LogP contribution is 2.39. The summed E-state index contributed by atoms with van der Waals surface area (Å²) in [4.78, 5) is 0. The largest absolute Gasteiger partial charge is 0.504 e. The molecule has 0 amide bonds. The predicted octanol–water partition coefficient (Wildman–Crippen LogP) is 4.50. The standard InChI is InChI=1S/C23H30O2Si/c1-23(2,3)26(21-11-7-5-8-12-21,22-13-9-6-10-14-22)25-18-20-16-15-19(20)17-24-4/h5-14,17,20H,15-16,18H2,1-4H3/b19-17-/t20-/m0/s1. The van der Waals surface area contributed by atoms with Crippen molar-refractivity contribution in [3.05, 3.63) is 72.5 Å². The average Bonchev–Trinajstić information content (AvgIpc) is 2.63. The van der Waals surface area contributed by atoms with Crippen molar-refractivity contribution in [1.82, 2.24) is 0 Å². The number of ether oxygens (including phenoxy) is 1. The number of methoxy groups -OCH3 is 1. The van der Waals surface area contributed by atoms with Crippen LogP contribution in [0.4, 0.5) is 0 Å². The van der Waals surface area contributed by atoms with Gasteiger partial charge in [0.15, 0.2) is 0 Å². The smallest absolute Gasteiger partial charge is 0.261 e. The summed E-state index contributed by atoms with van der Waals surface area (Å²) >= 11 is 0. The van der Waals surface area contributed by atoms with Gasteiger partial charge in [0, 0.05) is 12.5 Å². The first-order valence-electron chi connectivity index (χ1n) is 9.46. The van der Waals surface area contributed by atoms with E-state index in [9.17, 15) is 0 Å². The van der Waals surface area contributed by atoms with Gasteiger partial charge in [-0.25, -0.2) is 0 Å². The summed E-state index contributed by atoms with van der Waals surface area (Å²) in [6.45, 7) is 7.74. The first-order valence-corrected chi connectivity index (χ1v) is 11.4. The molecule has 3 rings (SSSR count). The van der Waals surface area contributed by atoms with Crippen LogP contribution < -0.4 is 10.4 Å². The zero-order valence-electron chi connectivity index (χ0n) is 16.4. The molecule has 0 radical (unpaired) electrons. The van der Waals surface area contributed by atoms with Gasteiger partial charge in [0.1, 0.15) is 0 Å². The van der Waals surface area contributed by atoms with Gasteiger partial charge in [-0.1, -0.05) is 81.4 Å². The van der Waals surface area contributed by atoms with Crippen LogP contribution >= 0.6 is 0 Å². The maximum Gasteiger partial charge on any atom is 0.261 e. The van der Waals surface area contributed by atoms with Crippen LogP contribution in [-0.2, 0) is 9.16 Å². The lowest BCUT2D eigenvalue weighted by atomic mass is 9.81. The van der Waals surface area contributed by atoms with Gasteiger partial charge in [-0.05, 0) is 33.8 Å². The van der Waals surface area contributed by atoms with E-state index in [1.807, 2.05) is 6.26 Å². The molecule has 0 aromatic heterocycles. The molecule has 2 aromatic rings. The molecule has 0 N–H and O–H groups in total. The van der Waals surface area contributed by atoms with Gasteiger partial charge in [-0.2, -0.15) is 0 Å². The molecule has 138 valence electrons. The molecule has 2 nitrogen and oxygen atoms in total. The molecule has 2 aromatic carbocycles. The van der Waals surface area contributed by atoms with E-state index in [1.54, 1.807) is 7.11 Å². The van der Waals surface area contributed by atoms with Gasteiger partial charge in [0.05, 0.1) is 13.4 Å². The van der Waals surface area contributed by atoms with Crippen LogP contribution in [0.2, 0.25) is 5.04 Å². The van der Waals surface area contributed by atoms with E-state index in [0.29, 0.717) is 5.92 Å². The van der Waals surface area contributed by atoms with Crippen LogP contribution in [0, 0.1) is 5.92 Å². The molecule has 26 heavy (non-hydrogen) atoms. The van der Waals surface area contributed by atoms with Crippen LogP contribution in [0.1, 0.15) is 33.6 Å². The Morgan fingerprint density at radius 1 is 0.962 bits per heavy atom. The Balaban J connectivity index is 2.02. The molecular formula is C23H30O2Si. The van der Waals surface area contributed by atoms with Crippen LogP contribution in [0.3, 0.4) is 0 Å². The first kappa shape index (κ1) is 18.9. The Kier molecular flexibility index (Phi) is 5.69. The zero-order chi connectivity index (χ0) is 18.6. The Morgan fingerprint density at radius 3 is 1.88 bits per heavy atom. The molecule has 0 spiro atoms. The second kappa shape index (κ2) is 7.81. The van der Waals surface area contributed by atoms with Crippen LogP contribution in [-0.4, -0.2) is 22.0 Å². The Morgan fingerprint density at radius 2 is 1.50 bits per heavy atom. The van der Waals surface area contributed by atoms with Crippen molar-refractivity contribution < 1.29 is 9.16 Å². The molecule has 3 heteroatoms. The minimum absolute atomic E-state index is 0.0323. The third kappa shape index (κ3) is 3.51. The van der Waals surface area contributed by atoms with Crippen molar-refractivity contribution >= 4 is 18.7 Å². The van der Waals surface area contributed by atoms with Gasteiger partial charge in [0.25, 0.3) is 8.32 Å². The number of hydrogen-bond acceptors (Lipinski definition) is 2. The number of hydrogen-bond donors (Lipinski definition) is 0. The molecule has 0 bridgehead atoms. The Bertz CT molecular complexity index is 692. The maximum atomic E-state index is 6.99. The third-order valence-electron chi connectivity index (χ3n) is 5.49. The van der Waals surface area contributed by atoms with Crippen molar-refractivity contribution in [2.75, 3.05) is 13.7 Å². The van der Waals surface area contributed by atoms with Crippen molar-refractivity contribution in [2.45, 2.75) is 38.7 Å². The monoisotopic (exact) mass is 366 g/mol. The highest BCUT2D eigenvalue weighted by Gasteiger charge is 2.50. The van der Waals surface area contributed by atoms with Crippen LogP contribution in [0.5, 0.6) is 0 Å². The molecule has 1 saturated carbocycles. The van der Waals surface area contributed by atoms with Crippen molar-refractivity contribution in [3.8, 4) is 0 Å². The highest BCUT2D eigenvalue weighted by molar-refractivity contribution is 6.99. The maximum absolute atomic E-state index is 6.99. The molecular weight excluding hydrogens is 336 g/mol. The van der Waals surface area contributed by atoms with Crippen LogP contribution in [0.25, 0.3) is 0 Å². The summed E-state index contributed by atoms with van der Waals surface area (Å²) in [6.07, 6.45) is 4.22. The number of rotatable bonds is 6. The predicted molar refractivity (Wildman–Crippen MR) is 111 cm³/mol. The fourth-order valence-corrected chi connectivity index (χ4v) is 8.61.